The van der Waals surface area contributed by atoms with E-state index in [2.05, 4.69) is 53.8 Å². The summed E-state index contributed by atoms with van der Waals surface area (Å²) in [5.41, 5.74) is 12.2. The number of benzene rings is 1. The standard InChI is InChI=1S/C19H21N3/c1-5-7-8-15-11-16(10-9-13(15)3)17(6-2)18-12-21-19(20)22-14(18)4/h5-12H,1H2,2-4H3,(H2,20,21,22)/b8-7-,17-6-. The molecule has 1 aromatic heterocycles. The Morgan fingerprint density at radius 1 is 1.27 bits per heavy atom. The molecule has 3 heteroatoms. The van der Waals surface area contributed by atoms with Gasteiger partial charge in [0.15, 0.2) is 0 Å². The number of aromatic nitrogens is 2. The SMILES string of the molecule is C=C/C=C\c1cc(/C(=C/C)c2cnc(N)nc2C)ccc1C. The van der Waals surface area contributed by atoms with Gasteiger partial charge >= 0.3 is 0 Å². The number of aryl methyl sites for hydroxylation is 2. The Morgan fingerprint density at radius 3 is 2.68 bits per heavy atom. The molecule has 1 heterocycles. The zero-order valence-corrected chi connectivity index (χ0v) is 13.3. The molecule has 2 rings (SSSR count). The monoisotopic (exact) mass is 291 g/mol. The zero-order chi connectivity index (χ0) is 16.1. The summed E-state index contributed by atoms with van der Waals surface area (Å²) in [5, 5.41) is 0. The van der Waals surface area contributed by atoms with Crippen molar-refractivity contribution in [1.82, 2.24) is 9.97 Å². The van der Waals surface area contributed by atoms with E-state index in [1.54, 1.807) is 12.3 Å². The predicted octanol–water partition coefficient (Wildman–Crippen LogP) is 4.33. The lowest BCUT2D eigenvalue weighted by Gasteiger charge is -2.12. The topological polar surface area (TPSA) is 51.8 Å². The molecule has 1 aromatic carbocycles. The average molecular weight is 291 g/mol. The molecule has 0 radical (unpaired) electrons. The predicted molar refractivity (Wildman–Crippen MR) is 94.3 cm³/mol. The lowest BCUT2D eigenvalue weighted by atomic mass is 9.94. The highest BCUT2D eigenvalue weighted by Gasteiger charge is 2.10. The van der Waals surface area contributed by atoms with Gasteiger partial charge in [0.25, 0.3) is 0 Å². The lowest BCUT2D eigenvalue weighted by molar-refractivity contribution is 1.10. The van der Waals surface area contributed by atoms with E-state index in [0.717, 1.165) is 22.4 Å². The number of allylic oxidation sites excluding steroid dienone is 3. The minimum atomic E-state index is 0.301. The van der Waals surface area contributed by atoms with Crippen molar-refractivity contribution in [2.45, 2.75) is 20.8 Å². The number of anilines is 1. The Bertz CT molecular complexity index is 755. The Morgan fingerprint density at radius 2 is 2.05 bits per heavy atom. The molecule has 0 fully saturated rings. The summed E-state index contributed by atoms with van der Waals surface area (Å²) in [6.45, 7) is 9.78. The van der Waals surface area contributed by atoms with Gasteiger partial charge in [0.05, 0.1) is 5.69 Å². The average Bonchev–Trinajstić information content (AvgIpc) is 2.50. The van der Waals surface area contributed by atoms with Crippen LogP contribution >= 0.6 is 0 Å². The van der Waals surface area contributed by atoms with E-state index in [9.17, 15) is 0 Å². The normalized spacial score (nSPS) is 11.9. The van der Waals surface area contributed by atoms with E-state index in [1.165, 1.54) is 11.1 Å². The smallest absolute Gasteiger partial charge is 0.220 e. The molecular weight excluding hydrogens is 270 g/mol. The molecule has 3 nitrogen and oxygen atoms in total. The van der Waals surface area contributed by atoms with Crippen molar-refractivity contribution in [1.29, 1.82) is 0 Å². The highest BCUT2D eigenvalue weighted by Crippen LogP contribution is 2.27. The summed E-state index contributed by atoms with van der Waals surface area (Å²) in [5.74, 6) is 0.301. The van der Waals surface area contributed by atoms with Crippen LogP contribution < -0.4 is 5.73 Å². The molecule has 2 N–H and O–H groups in total. The fourth-order valence-electron chi connectivity index (χ4n) is 2.39. The Kier molecular flexibility index (Phi) is 4.89. The van der Waals surface area contributed by atoms with Crippen molar-refractivity contribution < 1.29 is 0 Å². The fraction of sp³-hybridized carbons (Fsp3) is 0.158. The molecule has 0 unspecified atom stereocenters. The molecule has 0 bridgehead atoms. The van der Waals surface area contributed by atoms with Gasteiger partial charge in [0, 0.05) is 11.8 Å². The number of hydrogen-bond acceptors (Lipinski definition) is 3. The van der Waals surface area contributed by atoms with E-state index >= 15 is 0 Å². The minimum absolute atomic E-state index is 0.301. The van der Waals surface area contributed by atoms with Gasteiger partial charge in [-0.15, -0.1) is 0 Å². The molecule has 0 saturated heterocycles. The summed E-state index contributed by atoms with van der Waals surface area (Å²) in [4.78, 5) is 8.38. The van der Waals surface area contributed by atoms with Gasteiger partial charge in [0.1, 0.15) is 0 Å². The first-order valence-corrected chi connectivity index (χ1v) is 7.22. The largest absolute Gasteiger partial charge is 0.368 e. The highest BCUT2D eigenvalue weighted by atomic mass is 15.0. The zero-order valence-electron chi connectivity index (χ0n) is 13.3. The lowest BCUT2D eigenvalue weighted by Crippen LogP contribution is -2.01. The third-order valence-electron chi connectivity index (χ3n) is 3.58. The van der Waals surface area contributed by atoms with Gasteiger partial charge in [-0.2, -0.15) is 0 Å². The first kappa shape index (κ1) is 15.7. The first-order chi connectivity index (χ1) is 10.6. The summed E-state index contributed by atoms with van der Waals surface area (Å²) < 4.78 is 0. The summed E-state index contributed by atoms with van der Waals surface area (Å²) in [6.07, 6.45) is 9.64. The van der Waals surface area contributed by atoms with Crippen LogP contribution in [0.4, 0.5) is 5.95 Å². The number of nitrogen functional groups attached to an aromatic ring is 1. The third-order valence-corrected chi connectivity index (χ3v) is 3.58. The summed E-state index contributed by atoms with van der Waals surface area (Å²) in [6, 6.07) is 6.40. The maximum absolute atomic E-state index is 5.65. The van der Waals surface area contributed by atoms with Crippen molar-refractivity contribution in [2.75, 3.05) is 5.73 Å². The Hall–Kier alpha value is -2.68. The number of rotatable bonds is 4. The van der Waals surface area contributed by atoms with Crippen LogP contribution in [0, 0.1) is 13.8 Å². The Balaban J connectivity index is 2.52. The first-order valence-electron chi connectivity index (χ1n) is 7.22. The maximum Gasteiger partial charge on any atom is 0.220 e. The van der Waals surface area contributed by atoms with Crippen molar-refractivity contribution in [3.8, 4) is 0 Å². The van der Waals surface area contributed by atoms with Crippen molar-refractivity contribution in [2.24, 2.45) is 0 Å². The van der Waals surface area contributed by atoms with Crippen LogP contribution in [0.1, 0.15) is 34.9 Å². The van der Waals surface area contributed by atoms with E-state index in [-0.39, 0.29) is 0 Å². The number of nitrogens with two attached hydrogens (primary N) is 1. The Labute approximate surface area is 131 Å². The van der Waals surface area contributed by atoms with E-state index in [0.29, 0.717) is 5.95 Å². The molecular formula is C19H21N3. The van der Waals surface area contributed by atoms with Gasteiger partial charge in [-0.3, -0.25) is 0 Å². The molecule has 0 spiro atoms. The molecule has 22 heavy (non-hydrogen) atoms. The molecule has 112 valence electrons. The van der Waals surface area contributed by atoms with Gasteiger partial charge < -0.3 is 5.73 Å². The molecule has 0 amide bonds. The van der Waals surface area contributed by atoms with Gasteiger partial charge in [-0.25, -0.2) is 9.97 Å². The molecule has 0 aliphatic heterocycles. The van der Waals surface area contributed by atoms with Gasteiger partial charge in [-0.1, -0.05) is 43.0 Å². The van der Waals surface area contributed by atoms with Crippen LogP contribution in [-0.4, -0.2) is 9.97 Å². The van der Waals surface area contributed by atoms with Crippen LogP contribution in [0.5, 0.6) is 0 Å². The molecule has 0 atom stereocenters. The summed E-state index contributed by atoms with van der Waals surface area (Å²) in [7, 11) is 0. The highest BCUT2D eigenvalue weighted by molar-refractivity contribution is 5.81. The van der Waals surface area contributed by atoms with Crippen molar-refractivity contribution in [3.63, 3.8) is 0 Å². The fourth-order valence-corrected chi connectivity index (χ4v) is 2.39. The van der Waals surface area contributed by atoms with Crippen molar-refractivity contribution >= 4 is 17.6 Å². The second kappa shape index (κ2) is 6.85. The number of hydrogen-bond donors (Lipinski definition) is 1. The van der Waals surface area contributed by atoms with Crippen LogP contribution in [0.25, 0.3) is 11.6 Å². The van der Waals surface area contributed by atoms with Gasteiger partial charge in [-0.05, 0) is 49.1 Å². The van der Waals surface area contributed by atoms with E-state index < -0.39 is 0 Å². The quantitative estimate of drug-likeness (QED) is 0.853. The second-order valence-electron chi connectivity index (χ2n) is 5.10. The molecule has 0 aliphatic rings. The summed E-state index contributed by atoms with van der Waals surface area (Å²) >= 11 is 0. The van der Waals surface area contributed by atoms with Crippen LogP contribution in [0.2, 0.25) is 0 Å². The van der Waals surface area contributed by atoms with Gasteiger partial charge in [0.2, 0.25) is 5.95 Å². The third kappa shape index (κ3) is 3.31. The maximum atomic E-state index is 5.65. The minimum Gasteiger partial charge on any atom is -0.368 e. The second-order valence-corrected chi connectivity index (χ2v) is 5.10. The molecule has 2 aromatic rings. The van der Waals surface area contributed by atoms with Crippen LogP contribution in [0.3, 0.4) is 0 Å². The van der Waals surface area contributed by atoms with Crippen LogP contribution in [-0.2, 0) is 0 Å². The van der Waals surface area contributed by atoms with Crippen molar-refractivity contribution in [3.05, 3.63) is 77.2 Å². The van der Waals surface area contributed by atoms with E-state index in [4.69, 9.17) is 5.73 Å². The molecule has 0 aliphatic carbocycles. The molecule has 0 saturated carbocycles. The van der Waals surface area contributed by atoms with E-state index in [1.807, 2.05) is 19.9 Å². The number of nitrogens with zero attached hydrogens (tertiary/aromatic N) is 2. The van der Waals surface area contributed by atoms with Crippen LogP contribution in [0.15, 0.2) is 49.2 Å².